The van der Waals surface area contributed by atoms with E-state index in [0.717, 1.165) is 11.1 Å². The van der Waals surface area contributed by atoms with Gasteiger partial charge >= 0.3 is 17.9 Å². The molecule has 0 aliphatic carbocycles. The largest absolute Gasteiger partial charge is 0.493 e. The SMILES string of the molecule is CCOC(=O)CCCOc1cccc(COc2cc(C(=O)O)cc(-c3cccc(F)c3)c2)c1CCC(=O)OCC. The van der Waals surface area contributed by atoms with E-state index in [2.05, 4.69) is 0 Å². The maximum Gasteiger partial charge on any atom is 0.335 e. The van der Waals surface area contributed by atoms with Gasteiger partial charge in [0.2, 0.25) is 0 Å². The van der Waals surface area contributed by atoms with Crippen LogP contribution in [0.25, 0.3) is 11.1 Å². The first-order valence-corrected chi connectivity index (χ1v) is 13.1. The highest BCUT2D eigenvalue weighted by atomic mass is 19.1. The molecule has 1 N–H and O–H groups in total. The minimum absolute atomic E-state index is 0.00187. The highest BCUT2D eigenvalue weighted by Gasteiger charge is 2.15. The summed E-state index contributed by atoms with van der Waals surface area (Å²) in [6.45, 7) is 4.41. The van der Waals surface area contributed by atoms with Crippen LogP contribution in [0.15, 0.2) is 60.7 Å². The topological polar surface area (TPSA) is 108 Å². The van der Waals surface area contributed by atoms with E-state index in [1.54, 1.807) is 44.2 Å². The number of carbonyl (C=O) groups is 3. The van der Waals surface area contributed by atoms with Crippen molar-refractivity contribution in [3.05, 3.63) is 83.2 Å². The van der Waals surface area contributed by atoms with Crippen LogP contribution in [0, 0.1) is 5.82 Å². The lowest BCUT2D eigenvalue weighted by Crippen LogP contribution is -2.11. The lowest BCUT2D eigenvalue weighted by Gasteiger charge is -2.17. The van der Waals surface area contributed by atoms with Crippen molar-refractivity contribution in [2.75, 3.05) is 19.8 Å². The number of carboxylic acid groups (broad SMARTS) is 1. The van der Waals surface area contributed by atoms with Crippen molar-refractivity contribution in [2.24, 2.45) is 0 Å². The molecule has 0 amide bonds. The summed E-state index contributed by atoms with van der Waals surface area (Å²) < 4.78 is 35.8. The number of esters is 2. The Morgan fingerprint density at radius 1 is 0.825 bits per heavy atom. The second kappa shape index (κ2) is 15.3. The molecule has 0 saturated heterocycles. The summed E-state index contributed by atoms with van der Waals surface area (Å²) >= 11 is 0. The van der Waals surface area contributed by atoms with Gasteiger partial charge in [-0.3, -0.25) is 9.59 Å². The van der Waals surface area contributed by atoms with Crippen LogP contribution in [-0.4, -0.2) is 42.8 Å². The van der Waals surface area contributed by atoms with Crippen molar-refractivity contribution in [2.45, 2.75) is 46.1 Å². The predicted molar refractivity (Wildman–Crippen MR) is 146 cm³/mol. The highest BCUT2D eigenvalue weighted by molar-refractivity contribution is 5.90. The summed E-state index contributed by atoms with van der Waals surface area (Å²) in [6.07, 6.45) is 1.14. The van der Waals surface area contributed by atoms with Crippen LogP contribution < -0.4 is 9.47 Å². The molecule has 8 nitrogen and oxygen atoms in total. The summed E-state index contributed by atoms with van der Waals surface area (Å²) in [5.74, 6) is -1.38. The van der Waals surface area contributed by atoms with Gasteiger partial charge in [0.25, 0.3) is 0 Å². The molecule has 0 unspecified atom stereocenters. The highest BCUT2D eigenvalue weighted by Crippen LogP contribution is 2.30. The van der Waals surface area contributed by atoms with E-state index < -0.39 is 11.8 Å². The van der Waals surface area contributed by atoms with Crippen molar-refractivity contribution in [1.82, 2.24) is 0 Å². The molecule has 40 heavy (non-hydrogen) atoms. The summed E-state index contributed by atoms with van der Waals surface area (Å²) in [6, 6.07) is 15.8. The molecule has 0 aliphatic heterocycles. The second-order valence-corrected chi connectivity index (χ2v) is 8.81. The van der Waals surface area contributed by atoms with Gasteiger partial charge in [-0.25, -0.2) is 9.18 Å². The average molecular weight is 553 g/mol. The molecule has 0 aliphatic rings. The zero-order chi connectivity index (χ0) is 28.9. The lowest BCUT2D eigenvalue weighted by atomic mass is 10.0. The molecule has 3 aromatic carbocycles. The molecular formula is C31H33FO8. The van der Waals surface area contributed by atoms with E-state index in [-0.39, 0.29) is 55.9 Å². The van der Waals surface area contributed by atoms with Gasteiger partial charge in [-0.1, -0.05) is 24.3 Å². The second-order valence-electron chi connectivity index (χ2n) is 8.81. The van der Waals surface area contributed by atoms with Crippen LogP contribution in [0.1, 0.15) is 54.6 Å². The van der Waals surface area contributed by atoms with Crippen LogP contribution in [0.5, 0.6) is 11.5 Å². The van der Waals surface area contributed by atoms with Gasteiger partial charge in [0.05, 0.1) is 25.4 Å². The van der Waals surface area contributed by atoms with E-state index in [0.29, 0.717) is 36.3 Å². The first kappa shape index (κ1) is 30.1. The lowest BCUT2D eigenvalue weighted by molar-refractivity contribution is -0.144. The minimum Gasteiger partial charge on any atom is -0.493 e. The van der Waals surface area contributed by atoms with Crippen LogP contribution in [-0.2, 0) is 32.1 Å². The van der Waals surface area contributed by atoms with Gasteiger partial charge in [0.15, 0.2) is 0 Å². The number of ether oxygens (including phenoxy) is 4. The third kappa shape index (κ3) is 9.11. The summed E-state index contributed by atoms with van der Waals surface area (Å²) in [5, 5.41) is 9.61. The van der Waals surface area contributed by atoms with Gasteiger partial charge in [-0.15, -0.1) is 0 Å². The third-order valence-corrected chi connectivity index (χ3v) is 5.91. The van der Waals surface area contributed by atoms with E-state index in [1.807, 2.05) is 6.07 Å². The van der Waals surface area contributed by atoms with Gasteiger partial charge < -0.3 is 24.1 Å². The van der Waals surface area contributed by atoms with E-state index in [9.17, 15) is 23.9 Å². The number of carbonyl (C=O) groups excluding carboxylic acids is 2. The normalized spacial score (nSPS) is 10.6. The summed E-state index contributed by atoms with van der Waals surface area (Å²) in [5.41, 5.74) is 2.49. The maximum atomic E-state index is 13.8. The van der Waals surface area contributed by atoms with Crippen molar-refractivity contribution in [3.8, 4) is 22.6 Å². The number of hydrogen-bond donors (Lipinski definition) is 1. The Hall–Kier alpha value is -4.40. The van der Waals surface area contributed by atoms with Gasteiger partial charge in [-0.2, -0.15) is 0 Å². The molecule has 0 fully saturated rings. The number of rotatable bonds is 15. The Morgan fingerprint density at radius 2 is 1.55 bits per heavy atom. The Kier molecular flexibility index (Phi) is 11.5. The quantitative estimate of drug-likeness (QED) is 0.181. The van der Waals surface area contributed by atoms with Crippen molar-refractivity contribution in [1.29, 1.82) is 0 Å². The standard InChI is InChI=1S/C31H33FO8/c1-3-37-29(33)12-7-15-39-28-11-6-9-22(27(28)13-14-30(34)38-4-2)20-40-26-18-23(16-24(19-26)31(35)36)21-8-5-10-25(32)17-21/h5-6,8-11,16-19H,3-4,7,12-15,20H2,1-2H3,(H,35,36). The van der Waals surface area contributed by atoms with E-state index in [4.69, 9.17) is 18.9 Å². The molecule has 9 heteroatoms. The maximum absolute atomic E-state index is 13.8. The van der Waals surface area contributed by atoms with E-state index >= 15 is 0 Å². The van der Waals surface area contributed by atoms with Gasteiger partial charge in [0.1, 0.15) is 23.9 Å². The Labute approximate surface area is 232 Å². The molecule has 3 rings (SSSR count). The summed E-state index contributed by atoms with van der Waals surface area (Å²) in [4.78, 5) is 35.5. The molecule has 0 aromatic heterocycles. The third-order valence-electron chi connectivity index (χ3n) is 5.91. The minimum atomic E-state index is -1.14. The van der Waals surface area contributed by atoms with Crippen LogP contribution >= 0.6 is 0 Å². The molecule has 0 spiro atoms. The van der Waals surface area contributed by atoms with Crippen molar-refractivity contribution in [3.63, 3.8) is 0 Å². The molecule has 212 valence electrons. The number of halogens is 1. The molecular weight excluding hydrogens is 519 g/mol. The van der Waals surface area contributed by atoms with Crippen LogP contribution in [0.4, 0.5) is 4.39 Å². The number of carboxylic acids is 1. The van der Waals surface area contributed by atoms with Gasteiger partial charge in [-0.05, 0) is 79.8 Å². The number of hydrogen-bond acceptors (Lipinski definition) is 7. The molecule has 0 radical (unpaired) electrons. The fourth-order valence-corrected chi connectivity index (χ4v) is 4.06. The molecule has 3 aromatic rings. The molecule has 0 bridgehead atoms. The first-order chi connectivity index (χ1) is 19.3. The van der Waals surface area contributed by atoms with Gasteiger partial charge in [0, 0.05) is 18.4 Å². The fourth-order valence-electron chi connectivity index (χ4n) is 4.06. The Morgan fingerprint density at radius 3 is 2.25 bits per heavy atom. The smallest absolute Gasteiger partial charge is 0.335 e. The van der Waals surface area contributed by atoms with E-state index in [1.165, 1.54) is 24.3 Å². The van der Waals surface area contributed by atoms with Crippen LogP contribution in [0.3, 0.4) is 0 Å². The fraction of sp³-hybridized carbons (Fsp3) is 0.323. The summed E-state index contributed by atoms with van der Waals surface area (Å²) in [7, 11) is 0. The average Bonchev–Trinajstić information content (AvgIpc) is 2.93. The molecule has 0 atom stereocenters. The number of benzene rings is 3. The van der Waals surface area contributed by atoms with Crippen molar-refractivity contribution >= 4 is 17.9 Å². The zero-order valence-electron chi connectivity index (χ0n) is 22.6. The monoisotopic (exact) mass is 552 g/mol. The van der Waals surface area contributed by atoms with Crippen molar-refractivity contribution < 1.29 is 42.8 Å². The predicted octanol–water partition coefficient (Wildman–Crippen LogP) is 5.99. The Bertz CT molecular complexity index is 1320. The number of aromatic carboxylic acids is 1. The Balaban J connectivity index is 1.82. The molecule has 0 heterocycles. The van der Waals surface area contributed by atoms with Crippen LogP contribution in [0.2, 0.25) is 0 Å². The zero-order valence-corrected chi connectivity index (χ0v) is 22.6. The first-order valence-electron chi connectivity index (χ1n) is 13.1. The molecule has 0 saturated carbocycles.